The molecule has 0 bridgehead atoms. The molecule has 0 spiro atoms. The fraction of sp³-hybridized carbons (Fsp3) is 0.944. The topological polar surface area (TPSA) is 237 Å². The van der Waals surface area contributed by atoms with Crippen molar-refractivity contribution in [3.63, 3.8) is 0 Å². The first-order chi connectivity index (χ1) is 43.7. The molecule has 0 aliphatic carbocycles. The molecule has 540 valence electrons. The van der Waals surface area contributed by atoms with Gasteiger partial charge in [0.1, 0.15) is 19.3 Å². The summed E-state index contributed by atoms with van der Waals surface area (Å²) in [7, 11) is -9.91. The van der Waals surface area contributed by atoms with Gasteiger partial charge in [-0.15, -0.1) is 0 Å². The average molecular weight is 1340 g/mol. The van der Waals surface area contributed by atoms with Crippen molar-refractivity contribution in [1.82, 2.24) is 0 Å². The van der Waals surface area contributed by atoms with E-state index in [0.29, 0.717) is 25.7 Å². The van der Waals surface area contributed by atoms with Crippen LogP contribution in [0.15, 0.2) is 0 Å². The Bertz CT molecular complexity index is 1800. The lowest BCUT2D eigenvalue weighted by Gasteiger charge is -2.21. The van der Waals surface area contributed by atoms with E-state index in [-0.39, 0.29) is 25.7 Å². The third-order valence-electron chi connectivity index (χ3n) is 17.7. The monoisotopic (exact) mass is 1340 g/mol. The summed E-state index contributed by atoms with van der Waals surface area (Å²) in [5, 5.41) is 10.6. The lowest BCUT2D eigenvalue weighted by Crippen LogP contribution is -2.30. The normalized spacial score (nSPS) is 15.1. The molecule has 0 amide bonds. The van der Waals surface area contributed by atoms with Crippen LogP contribution in [0.4, 0.5) is 0 Å². The number of aliphatic hydroxyl groups excluding tert-OH is 1. The van der Waals surface area contributed by atoms with E-state index in [0.717, 1.165) is 120 Å². The highest BCUT2D eigenvalue weighted by Gasteiger charge is 2.30. The number of phosphoric acid groups is 2. The van der Waals surface area contributed by atoms with Gasteiger partial charge in [0.05, 0.1) is 26.4 Å². The molecule has 0 aromatic rings. The average Bonchev–Trinajstić information content (AvgIpc) is 2.59. The molecule has 0 aromatic heterocycles. The van der Waals surface area contributed by atoms with E-state index in [1.807, 2.05) is 0 Å². The van der Waals surface area contributed by atoms with Crippen molar-refractivity contribution in [3.8, 4) is 0 Å². The first kappa shape index (κ1) is 89.1. The summed E-state index contributed by atoms with van der Waals surface area (Å²) in [5.41, 5.74) is 0. The fourth-order valence-corrected chi connectivity index (χ4v) is 12.3. The first-order valence-corrected chi connectivity index (χ1v) is 40.3. The smallest absolute Gasteiger partial charge is 0.462 e. The second-order valence-corrected chi connectivity index (χ2v) is 30.1. The summed E-state index contributed by atoms with van der Waals surface area (Å²) in [4.78, 5) is 72.6. The molecule has 8 atom stereocenters. The van der Waals surface area contributed by atoms with E-state index in [2.05, 4.69) is 55.4 Å². The standard InChI is InChI=1S/C72H140O17P2/c1-9-63(6)49-41-33-25-21-16-14-12-13-15-17-23-27-38-46-54-71(76)88-67(58-82-69(74)52-44-36-26-22-19-18-20-24-32-40-48-62(4)5)60-86-90(78,79)84-56-66(73)57-85-91(80,81)87-61-68(89-72(77)55-47-39-31-29-35-43-51-65(8)11-3)59-83-70(75)53-45-37-30-28-34-42-50-64(7)10-2/h62-68,73H,9-61H2,1-8H3,(H,78,79)(H,80,81)/t63?,64?,65?,66-,67-,68-/m1/s1. The van der Waals surface area contributed by atoms with Crippen molar-refractivity contribution in [2.45, 2.75) is 375 Å². The zero-order valence-corrected chi connectivity index (χ0v) is 61.3. The Balaban J connectivity index is 5.24. The van der Waals surface area contributed by atoms with Crippen molar-refractivity contribution in [2.24, 2.45) is 23.7 Å². The van der Waals surface area contributed by atoms with E-state index in [4.69, 9.17) is 37.0 Å². The molecule has 0 radical (unpaired) electrons. The van der Waals surface area contributed by atoms with Crippen LogP contribution < -0.4 is 0 Å². The van der Waals surface area contributed by atoms with Crippen LogP contribution in [0.25, 0.3) is 0 Å². The van der Waals surface area contributed by atoms with E-state index < -0.39 is 97.5 Å². The molecular formula is C72H140O17P2. The Morgan fingerprint density at radius 1 is 0.308 bits per heavy atom. The Morgan fingerprint density at radius 3 is 0.780 bits per heavy atom. The van der Waals surface area contributed by atoms with Gasteiger partial charge in [0, 0.05) is 25.7 Å². The number of ether oxygens (including phenoxy) is 4. The lowest BCUT2D eigenvalue weighted by atomic mass is 9.99. The minimum atomic E-state index is -4.96. The van der Waals surface area contributed by atoms with Crippen molar-refractivity contribution >= 4 is 39.5 Å². The second-order valence-electron chi connectivity index (χ2n) is 27.2. The molecule has 0 aliphatic heterocycles. The molecular weight excluding hydrogens is 1200 g/mol. The molecule has 0 saturated carbocycles. The number of phosphoric ester groups is 2. The summed E-state index contributed by atoms with van der Waals surface area (Å²) in [6.07, 6.45) is 44.5. The highest BCUT2D eigenvalue weighted by molar-refractivity contribution is 7.47. The maximum Gasteiger partial charge on any atom is 0.472 e. The number of carbonyl (C=O) groups excluding carboxylic acids is 4. The molecule has 0 saturated heterocycles. The van der Waals surface area contributed by atoms with Crippen LogP contribution in [0.1, 0.15) is 357 Å². The van der Waals surface area contributed by atoms with Gasteiger partial charge in [-0.05, 0) is 49.4 Å². The van der Waals surface area contributed by atoms with Crippen molar-refractivity contribution in [2.75, 3.05) is 39.6 Å². The van der Waals surface area contributed by atoms with Gasteiger partial charge in [0.15, 0.2) is 12.2 Å². The molecule has 0 rings (SSSR count). The SMILES string of the molecule is CCC(C)CCCCCCCCCCCCCCCCC(=O)O[C@H](COC(=O)CCCCCCCCCCCCC(C)C)COP(=O)(O)OC[C@@H](O)COP(=O)(O)OC[C@@H](COC(=O)CCCCCCCCC(C)CC)OC(=O)CCCCCCCCC(C)CC. The highest BCUT2D eigenvalue weighted by atomic mass is 31.2. The van der Waals surface area contributed by atoms with Crippen LogP contribution in [0.2, 0.25) is 0 Å². The van der Waals surface area contributed by atoms with Gasteiger partial charge in [0.2, 0.25) is 0 Å². The van der Waals surface area contributed by atoms with Gasteiger partial charge >= 0.3 is 39.5 Å². The van der Waals surface area contributed by atoms with E-state index in [9.17, 15) is 43.2 Å². The number of hydrogen-bond acceptors (Lipinski definition) is 15. The number of aliphatic hydroxyl groups is 1. The van der Waals surface area contributed by atoms with Gasteiger partial charge < -0.3 is 33.8 Å². The quantitative estimate of drug-likeness (QED) is 0.0222. The molecule has 0 heterocycles. The Morgan fingerprint density at radius 2 is 0.527 bits per heavy atom. The fourth-order valence-electron chi connectivity index (χ4n) is 10.7. The van der Waals surface area contributed by atoms with E-state index in [1.54, 1.807) is 0 Å². The number of rotatable bonds is 69. The number of unbranched alkanes of at least 4 members (excludes halogenated alkanes) is 32. The molecule has 0 aromatic carbocycles. The van der Waals surface area contributed by atoms with Gasteiger partial charge in [-0.2, -0.15) is 0 Å². The maximum absolute atomic E-state index is 13.0. The van der Waals surface area contributed by atoms with Gasteiger partial charge in [0.25, 0.3) is 0 Å². The number of hydrogen-bond donors (Lipinski definition) is 3. The predicted octanol–water partition coefficient (Wildman–Crippen LogP) is 20.5. The third-order valence-corrected chi connectivity index (χ3v) is 19.6. The van der Waals surface area contributed by atoms with Crippen LogP contribution in [0.3, 0.4) is 0 Å². The molecule has 3 N–H and O–H groups in total. The zero-order chi connectivity index (χ0) is 67.5. The van der Waals surface area contributed by atoms with Crippen LogP contribution in [-0.2, 0) is 65.4 Å². The molecule has 0 fully saturated rings. The summed E-state index contributed by atoms with van der Waals surface area (Å²) in [5.74, 6) is 0.925. The zero-order valence-electron chi connectivity index (χ0n) is 59.5. The van der Waals surface area contributed by atoms with Crippen LogP contribution in [0, 0.1) is 23.7 Å². The molecule has 0 aliphatic rings. The minimum absolute atomic E-state index is 0.102. The molecule has 91 heavy (non-hydrogen) atoms. The summed E-state index contributed by atoms with van der Waals surface area (Å²) >= 11 is 0. The summed E-state index contributed by atoms with van der Waals surface area (Å²) in [6.45, 7) is 14.1. The predicted molar refractivity (Wildman–Crippen MR) is 367 cm³/mol. The van der Waals surface area contributed by atoms with Gasteiger partial charge in [-0.25, -0.2) is 9.13 Å². The molecule has 5 unspecified atom stereocenters. The molecule has 17 nitrogen and oxygen atoms in total. The second kappa shape index (κ2) is 61.6. The number of carbonyl (C=O) groups is 4. The first-order valence-electron chi connectivity index (χ1n) is 37.3. The largest absolute Gasteiger partial charge is 0.472 e. The lowest BCUT2D eigenvalue weighted by molar-refractivity contribution is -0.161. The van der Waals surface area contributed by atoms with Crippen molar-refractivity contribution in [3.05, 3.63) is 0 Å². The molecule has 19 heteroatoms. The minimum Gasteiger partial charge on any atom is -0.462 e. The van der Waals surface area contributed by atoms with E-state index in [1.165, 1.54) is 154 Å². The van der Waals surface area contributed by atoms with Gasteiger partial charge in [-0.1, -0.05) is 306 Å². The summed E-state index contributed by atoms with van der Waals surface area (Å²) < 4.78 is 68.3. The summed E-state index contributed by atoms with van der Waals surface area (Å²) in [6, 6.07) is 0. The highest BCUT2D eigenvalue weighted by Crippen LogP contribution is 2.45. The van der Waals surface area contributed by atoms with Crippen LogP contribution >= 0.6 is 15.6 Å². The van der Waals surface area contributed by atoms with Crippen molar-refractivity contribution < 1.29 is 80.2 Å². The van der Waals surface area contributed by atoms with Crippen LogP contribution in [0.5, 0.6) is 0 Å². The maximum atomic E-state index is 13.0. The third kappa shape index (κ3) is 62.6. The Hall–Kier alpha value is -1.94. The Labute approximate surface area is 556 Å². The number of esters is 4. The van der Waals surface area contributed by atoms with Crippen LogP contribution in [-0.4, -0.2) is 96.7 Å². The van der Waals surface area contributed by atoms with E-state index >= 15 is 0 Å². The Kier molecular flexibility index (Phi) is 60.3. The van der Waals surface area contributed by atoms with Gasteiger partial charge in [-0.3, -0.25) is 37.3 Å². The van der Waals surface area contributed by atoms with Crippen molar-refractivity contribution in [1.29, 1.82) is 0 Å².